The van der Waals surface area contributed by atoms with E-state index in [0.29, 0.717) is 29.0 Å². The number of methoxy groups -OCH3 is 1. The highest BCUT2D eigenvalue weighted by atomic mass is 16.5. The van der Waals surface area contributed by atoms with Gasteiger partial charge in [0.2, 0.25) is 0 Å². The van der Waals surface area contributed by atoms with Crippen LogP contribution in [-0.4, -0.2) is 18.0 Å². The maximum Gasteiger partial charge on any atom is 0.257 e. The third-order valence-corrected chi connectivity index (χ3v) is 3.97. The van der Waals surface area contributed by atoms with E-state index in [9.17, 15) is 4.79 Å². The van der Waals surface area contributed by atoms with Crippen molar-refractivity contribution in [1.82, 2.24) is 4.98 Å². The van der Waals surface area contributed by atoms with E-state index in [2.05, 4.69) is 21.7 Å². The summed E-state index contributed by atoms with van der Waals surface area (Å²) in [5.41, 5.74) is 2.98. The number of aromatic nitrogens is 1. The van der Waals surface area contributed by atoms with Crippen molar-refractivity contribution in [3.8, 4) is 11.8 Å². The second kappa shape index (κ2) is 8.50. The predicted octanol–water partition coefficient (Wildman–Crippen LogP) is 3.83. The molecule has 0 aliphatic heterocycles. The summed E-state index contributed by atoms with van der Waals surface area (Å²) in [7, 11) is 1.63. The molecule has 0 aliphatic rings. The standard InChI is InChI=1S/C21H18N4O2/c1-27-20-9-5-3-7-16(20)13-24-18-10-17(12-23-14-18)21(26)25-19-8-4-2-6-15(19)11-22/h2-10,12,14,24H,13H2,1H3,(H,25,26). The van der Waals surface area contributed by atoms with Gasteiger partial charge >= 0.3 is 0 Å². The van der Waals surface area contributed by atoms with Crippen molar-refractivity contribution >= 4 is 17.3 Å². The topological polar surface area (TPSA) is 87.0 Å². The Morgan fingerprint density at radius 1 is 1.15 bits per heavy atom. The van der Waals surface area contributed by atoms with Gasteiger partial charge in [-0.3, -0.25) is 9.78 Å². The molecule has 27 heavy (non-hydrogen) atoms. The summed E-state index contributed by atoms with van der Waals surface area (Å²) in [5, 5.41) is 15.1. The number of hydrogen-bond donors (Lipinski definition) is 2. The van der Waals surface area contributed by atoms with Crippen molar-refractivity contribution in [3.05, 3.63) is 83.7 Å². The highest BCUT2D eigenvalue weighted by Gasteiger charge is 2.10. The van der Waals surface area contributed by atoms with E-state index in [-0.39, 0.29) is 5.91 Å². The van der Waals surface area contributed by atoms with Gasteiger partial charge in [0.25, 0.3) is 5.91 Å². The third kappa shape index (κ3) is 4.41. The van der Waals surface area contributed by atoms with E-state index in [4.69, 9.17) is 10.00 Å². The molecular weight excluding hydrogens is 340 g/mol. The summed E-state index contributed by atoms with van der Waals surface area (Å²) in [6.45, 7) is 0.536. The Bertz CT molecular complexity index is 995. The van der Waals surface area contributed by atoms with Crippen LogP contribution in [0.5, 0.6) is 5.75 Å². The molecule has 134 valence electrons. The highest BCUT2D eigenvalue weighted by Crippen LogP contribution is 2.20. The summed E-state index contributed by atoms with van der Waals surface area (Å²) in [4.78, 5) is 16.6. The van der Waals surface area contributed by atoms with Crippen LogP contribution in [0.15, 0.2) is 67.0 Å². The molecule has 1 heterocycles. The lowest BCUT2D eigenvalue weighted by molar-refractivity contribution is 0.102. The quantitative estimate of drug-likeness (QED) is 0.699. The lowest BCUT2D eigenvalue weighted by Crippen LogP contribution is -2.13. The maximum atomic E-state index is 12.5. The van der Waals surface area contributed by atoms with Gasteiger partial charge in [0, 0.05) is 24.5 Å². The molecule has 3 aromatic rings. The van der Waals surface area contributed by atoms with E-state index in [1.165, 1.54) is 6.20 Å². The zero-order chi connectivity index (χ0) is 19.1. The number of nitrogens with zero attached hydrogens (tertiary/aromatic N) is 2. The monoisotopic (exact) mass is 358 g/mol. The Hall–Kier alpha value is -3.85. The Kier molecular flexibility index (Phi) is 5.65. The SMILES string of the molecule is COc1ccccc1CNc1cncc(C(=O)Nc2ccccc2C#N)c1. The number of ether oxygens (including phenoxy) is 1. The number of rotatable bonds is 6. The van der Waals surface area contributed by atoms with Crippen LogP contribution in [0.1, 0.15) is 21.5 Å². The average Bonchev–Trinajstić information content (AvgIpc) is 2.73. The van der Waals surface area contributed by atoms with Gasteiger partial charge in [-0.1, -0.05) is 30.3 Å². The first kappa shape index (κ1) is 18.0. The van der Waals surface area contributed by atoms with Crippen LogP contribution in [0.2, 0.25) is 0 Å². The van der Waals surface area contributed by atoms with Crippen LogP contribution in [0.3, 0.4) is 0 Å². The number of benzene rings is 2. The van der Waals surface area contributed by atoms with E-state index < -0.39 is 0 Å². The number of carbonyl (C=O) groups excluding carboxylic acids is 1. The van der Waals surface area contributed by atoms with Crippen molar-refractivity contribution in [3.63, 3.8) is 0 Å². The summed E-state index contributed by atoms with van der Waals surface area (Å²) >= 11 is 0. The first-order valence-corrected chi connectivity index (χ1v) is 8.32. The van der Waals surface area contributed by atoms with Gasteiger partial charge in [0.05, 0.1) is 29.6 Å². The molecule has 3 rings (SSSR count). The minimum atomic E-state index is -0.328. The number of pyridine rings is 1. The van der Waals surface area contributed by atoms with Crippen LogP contribution < -0.4 is 15.4 Å². The van der Waals surface area contributed by atoms with Crippen LogP contribution in [0, 0.1) is 11.3 Å². The third-order valence-electron chi connectivity index (χ3n) is 3.97. The van der Waals surface area contributed by atoms with Gasteiger partial charge in [-0.05, 0) is 24.3 Å². The van der Waals surface area contributed by atoms with Gasteiger partial charge in [-0.25, -0.2) is 0 Å². The Morgan fingerprint density at radius 2 is 1.93 bits per heavy atom. The number of anilines is 2. The van der Waals surface area contributed by atoms with Crippen LogP contribution in [0.25, 0.3) is 0 Å². The summed E-state index contributed by atoms with van der Waals surface area (Å²) in [6.07, 6.45) is 3.13. The Morgan fingerprint density at radius 3 is 2.74 bits per heavy atom. The second-order valence-corrected chi connectivity index (χ2v) is 5.74. The molecule has 0 unspecified atom stereocenters. The van der Waals surface area contributed by atoms with Crippen LogP contribution >= 0.6 is 0 Å². The number of nitrogens with one attached hydrogen (secondary N) is 2. The molecule has 0 saturated heterocycles. The van der Waals surface area contributed by atoms with Gasteiger partial charge < -0.3 is 15.4 Å². The molecule has 1 aromatic heterocycles. The number of amides is 1. The molecule has 6 heteroatoms. The first-order valence-electron chi connectivity index (χ1n) is 8.32. The molecule has 0 spiro atoms. The lowest BCUT2D eigenvalue weighted by Gasteiger charge is -2.11. The van der Waals surface area contributed by atoms with Crippen molar-refractivity contribution in [1.29, 1.82) is 5.26 Å². The summed E-state index contributed by atoms with van der Waals surface area (Å²) < 4.78 is 5.34. The molecule has 0 fully saturated rings. The Balaban J connectivity index is 1.71. The molecule has 0 atom stereocenters. The molecular formula is C21H18N4O2. The highest BCUT2D eigenvalue weighted by molar-refractivity contribution is 6.05. The van der Waals surface area contributed by atoms with Gasteiger partial charge in [0.15, 0.2) is 0 Å². The maximum absolute atomic E-state index is 12.5. The number of nitriles is 1. The molecule has 6 nitrogen and oxygen atoms in total. The molecule has 2 N–H and O–H groups in total. The molecule has 0 aliphatic carbocycles. The fraction of sp³-hybridized carbons (Fsp3) is 0.0952. The lowest BCUT2D eigenvalue weighted by atomic mass is 10.1. The van der Waals surface area contributed by atoms with Crippen molar-refractivity contribution in [2.75, 3.05) is 17.7 Å². The Labute approximate surface area is 157 Å². The number of hydrogen-bond acceptors (Lipinski definition) is 5. The first-order chi connectivity index (χ1) is 13.2. The zero-order valence-electron chi connectivity index (χ0n) is 14.8. The normalized spacial score (nSPS) is 9.93. The van der Waals surface area contributed by atoms with Crippen molar-refractivity contribution < 1.29 is 9.53 Å². The molecule has 0 radical (unpaired) electrons. The van der Waals surface area contributed by atoms with Gasteiger partial charge in [0.1, 0.15) is 11.8 Å². The van der Waals surface area contributed by atoms with E-state index >= 15 is 0 Å². The fourth-order valence-electron chi connectivity index (χ4n) is 2.59. The van der Waals surface area contributed by atoms with Crippen LogP contribution in [0.4, 0.5) is 11.4 Å². The minimum Gasteiger partial charge on any atom is -0.496 e. The summed E-state index contributed by atoms with van der Waals surface area (Å²) in [5.74, 6) is 0.464. The molecule has 0 saturated carbocycles. The second-order valence-electron chi connectivity index (χ2n) is 5.74. The number of carbonyl (C=O) groups is 1. The van der Waals surface area contributed by atoms with E-state index in [0.717, 1.165) is 11.3 Å². The van der Waals surface area contributed by atoms with Crippen molar-refractivity contribution in [2.24, 2.45) is 0 Å². The van der Waals surface area contributed by atoms with Gasteiger partial charge in [-0.2, -0.15) is 5.26 Å². The van der Waals surface area contributed by atoms with Crippen LogP contribution in [-0.2, 0) is 6.54 Å². The minimum absolute atomic E-state index is 0.328. The zero-order valence-corrected chi connectivity index (χ0v) is 14.8. The fourth-order valence-corrected chi connectivity index (χ4v) is 2.59. The molecule has 0 bridgehead atoms. The smallest absolute Gasteiger partial charge is 0.257 e. The average molecular weight is 358 g/mol. The van der Waals surface area contributed by atoms with Gasteiger partial charge in [-0.15, -0.1) is 0 Å². The summed E-state index contributed by atoms with van der Waals surface area (Å²) in [6, 6.07) is 18.3. The predicted molar refractivity (Wildman–Crippen MR) is 104 cm³/mol. The van der Waals surface area contributed by atoms with E-state index in [1.807, 2.05) is 24.3 Å². The van der Waals surface area contributed by atoms with Crippen molar-refractivity contribution in [2.45, 2.75) is 6.54 Å². The van der Waals surface area contributed by atoms with E-state index in [1.54, 1.807) is 43.6 Å². The number of para-hydroxylation sites is 2. The largest absolute Gasteiger partial charge is 0.496 e. The molecule has 1 amide bonds. The molecule has 2 aromatic carbocycles.